The second-order valence-corrected chi connectivity index (χ2v) is 7.66. The van der Waals surface area contributed by atoms with Crippen molar-refractivity contribution >= 4 is 23.4 Å². The fourth-order valence-electron chi connectivity index (χ4n) is 3.51. The zero-order valence-corrected chi connectivity index (χ0v) is 16.7. The average molecular weight is 445 g/mol. The maximum absolute atomic E-state index is 13.5. The number of halogens is 5. The minimum Gasteiger partial charge on any atom is -0.435 e. The number of piperidine rings is 1. The number of alkyl halides is 3. The van der Waals surface area contributed by atoms with Gasteiger partial charge < -0.3 is 4.74 Å². The van der Waals surface area contributed by atoms with Gasteiger partial charge in [-0.1, -0.05) is 23.7 Å². The van der Waals surface area contributed by atoms with Crippen LogP contribution in [0.4, 0.5) is 28.0 Å². The Kier molecular flexibility index (Phi) is 7.20. The van der Waals surface area contributed by atoms with Crippen LogP contribution in [0.25, 0.3) is 0 Å². The first-order valence-electron chi connectivity index (χ1n) is 9.48. The molecule has 1 aliphatic heterocycles. The van der Waals surface area contributed by atoms with Crippen LogP contribution in [0.5, 0.6) is 0 Å². The third-order valence-corrected chi connectivity index (χ3v) is 5.21. The number of carbonyl (C=O) groups is 1. The third-order valence-electron chi connectivity index (χ3n) is 4.95. The van der Waals surface area contributed by atoms with Crippen molar-refractivity contribution in [2.45, 2.75) is 31.0 Å². The average Bonchev–Trinajstić information content (AvgIpc) is 2.69. The number of ether oxygens (including phenoxy) is 1. The second kappa shape index (κ2) is 9.66. The zero-order chi connectivity index (χ0) is 21.7. The first kappa shape index (κ1) is 22.4. The third kappa shape index (κ3) is 6.34. The lowest BCUT2D eigenvalue weighted by Crippen LogP contribution is -2.47. The number of hydrogen-bond donors (Lipinski definition) is 1. The lowest BCUT2D eigenvalue weighted by atomic mass is 9.90. The van der Waals surface area contributed by atoms with E-state index < -0.39 is 24.9 Å². The summed E-state index contributed by atoms with van der Waals surface area (Å²) in [7, 11) is 0. The van der Waals surface area contributed by atoms with Gasteiger partial charge in [0.2, 0.25) is 6.10 Å². The number of amides is 1. The van der Waals surface area contributed by atoms with Crippen LogP contribution in [0.2, 0.25) is 5.02 Å². The largest absolute Gasteiger partial charge is 0.435 e. The lowest BCUT2D eigenvalue weighted by Gasteiger charge is -2.35. The summed E-state index contributed by atoms with van der Waals surface area (Å²) in [5.41, 5.74) is 1.03. The molecule has 1 fully saturated rings. The molecule has 0 aromatic heterocycles. The first-order chi connectivity index (χ1) is 14.2. The van der Waals surface area contributed by atoms with Gasteiger partial charge in [0.1, 0.15) is 5.82 Å². The van der Waals surface area contributed by atoms with Gasteiger partial charge in [-0.3, -0.25) is 10.2 Å². The van der Waals surface area contributed by atoms with Crippen LogP contribution in [-0.2, 0) is 4.74 Å². The van der Waals surface area contributed by atoms with Crippen LogP contribution in [0.3, 0.4) is 0 Å². The van der Waals surface area contributed by atoms with Gasteiger partial charge in [-0.2, -0.15) is 13.2 Å². The van der Waals surface area contributed by atoms with Gasteiger partial charge in [-0.05, 0) is 67.3 Å². The van der Waals surface area contributed by atoms with Gasteiger partial charge in [-0.25, -0.2) is 9.18 Å². The number of nitrogens with one attached hydrogen (secondary N) is 1. The van der Waals surface area contributed by atoms with E-state index in [1.54, 1.807) is 17.0 Å². The molecule has 1 amide bonds. The van der Waals surface area contributed by atoms with Crippen LogP contribution in [0.1, 0.15) is 24.3 Å². The number of carbonyl (C=O) groups excluding carboxylic acids is 1. The number of likely N-dealkylation sites (tertiary alicyclic amines) is 1. The van der Waals surface area contributed by atoms with E-state index in [9.17, 15) is 22.4 Å². The van der Waals surface area contributed by atoms with E-state index in [1.165, 1.54) is 36.4 Å². The van der Waals surface area contributed by atoms with Gasteiger partial charge in [0.05, 0.1) is 0 Å². The van der Waals surface area contributed by atoms with E-state index in [0.29, 0.717) is 24.5 Å². The molecular formula is C21H21ClF4N2O2. The zero-order valence-electron chi connectivity index (χ0n) is 16.0. The molecule has 30 heavy (non-hydrogen) atoms. The van der Waals surface area contributed by atoms with E-state index in [2.05, 4.69) is 5.32 Å². The summed E-state index contributed by atoms with van der Waals surface area (Å²) < 4.78 is 58.7. The highest BCUT2D eigenvalue weighted by Gasteiger charge is 2.44. The van der Waals surface area contributed by atoms with Crippen molar-refractivity contribution in [1.82, 2.24) is 4.90 Å². The van der Waals surface area contributed by atoms with Crippen LogP contribution >= 0.6 is 11.6 Å². The highest BCUT2D eigenvalue weighted by molar-refractivity contribution is 6.30. The Hall–Kier alpha value is -2.32. The molecule has 162 valence electrons. The Bertz CT molecular complexity index is 861. The van der Waals surface area contributed by atoms with Crippen molar-refractivity contribution in [2.75, 3.05) is 25.0 Å². The molecule has 1 heterocycles. The molecule has 3 rings (SSSR count). The molecule has 9 heteroatoms. The predicted octanol–water partition coefficient (Wildman–Crippen LogP) is 5.84. The number of rotatable bonds is 5. The maximum Gasteiger partial charge on any atom is 0.426 e. The Balaban J connectivity index is 1.62. The van der Waals surface area contributed by atoms with Crippen molar-refractivity contribution in [3.05, 3.63) is 64.9 Å². The number of nitrogens with zero attached hydrogens (tertiary/aromatic N) is 1. The van der Waals surface area contributed by atoms with Crippen molar-refractivity contribution in [1.29, 1.82) is 0 Å². The standard InChI is InChI=1S/C21H21ClF4N2O2/c22-16-6-8-18(9-7-16)27-20(29)30-19(21(24,25)26)13-28-10-2-4-15(12-28)14-3-1-5-17(23)11-14/h1,3,5-9,11,15,19H,2,4,10,12-13H2,(H,27,29). The second-order valence-electron chi connectivity index (χ2n) is 7.22. The molecule has 0 radical (unpaired) electrons. The minimum atomic E-state index is -4.72. The van der Waals surface area contributed by atoms with Gasteiger partial charge in [0, 0.05) is 23.8 Å². The van der Waals surface area contributed by atoms with Gasteiger partial charge in [-0.15, -0.1) is 0 Å². The Morgan fingerprint density at radius 2 is 1.97 bits per heavy atom. The molecule has 0 bridgehead atoms. The predicted molar refractivity (Wildman–Crippen MR) is 106 cm³/mol. The summed E-state index contributed by atoms with van der Waals surface area (Å²) in [5.74, 6) is -0.453. The van der Waals surface area contributed by atoms with Gasteiger partial charge in [0.15, 0.2) is 0 Å². The highest BCUT2D eigenvalue weighted by Crippen LogP contribution is 2.30. The van der Waals surface area contributed by atoms with Gasteiger partial charge in [0.25, 0.3) is 0 Å². The summed E-state index contributed by atoms with van der Waals surface area (Å²) >= 11 is 5.75. The molecule has 2 aromatic rings. The van der Waals surface area contributed by atoms with Gasteiger partial charge >= 0.3 is 12.3 Å². The van der Waals surface area contributed by atoms with E-state index in [-0.39, 0.29) is 17.4 Å². The fourth-order valence-corrected chi connectivity index (χ4v) is 3.63. The van der Waals surface area contributed by atoms with Crippen molar-refractivity contribution in [3.63, 3.8) is 0 Å². The Morgan fingerprint density at radius 3 is 2.63 bits per heavy atom. The fraction of sp³-hybridized carbons (Fsp3) is 0.381. The van der Waals surface area contributed by atoms with Crippen LogP contribution in [-0.4, -0.2) is 42.9 Å². The smallest absolute Gasteiger partial charge is 0.426 e. The molecule has 0 spiro atoms. The Morgan fingerprint density at radius 1 is 1.23 bits per heavy atom. The van der Waals surface area contributed by atoms with Crippen LogP contribution < -0.4 is 5.32 Å². The summed E-state index contributed by atoms with van der Waals surface area (Å²) in [4.78, 5) is 13.6. The molecule has 1 aliphatic rings. The van der Waals surface area contributed by atoms with Crippen molar-refractivity contribution < 1.29 is 27.1 Å². The molecule has 1 N–H and O–H groups in total. The van der Waals surface area contributed by atoms with E-state index in [1.807, 2.05) is 0 Å². The maximum atomic E-state index is 13.5. The lowest BCUT2D eigenvalue weighted by molar-refractivity contribution is -0.207. The first-order valence-corrected chi connectivity index (χ1v) is 9.86. The molecule has 1 saturated heterocycles. The molecule has 2 atom stereocenters. The summed E-state index contributed by atoms with van der Waals surface area (Å²) in [6.07, 6.45) is -6.77. The normalized spacial score (nSPS) is 18.6. The van der Waals surface area contributed by atoms with Crippen LogP contribution in [0, 0.1) is 5.82 Å². The summed E-state index contributed by atoms with van der Waals surface area (Å²) in [5, 5.41) is 2.70. The van der Waals surface area contributed by atoms with Crippen LogP contribution in [0.15, 0.2) is 48.5 Å². The summed E-state index contributed by atoms with van der Waals surface area (Å²) in [6, 6.07) is 12.0. The van der Waals surface area contributed by atoms with Crippen molar-refractivity contribution in [2.24, 2.45) is 0 Å². The molecule has 4 nitrogen and oxygen atoms in total. The Labute approximate surface area is 176 Å². The molecule has 2 aromatic carbocycles. The molecular weight excluding hydrogens is 424 g/mol. The SMILES string of the molecule is O=C(Nc1ccc(Cl)cc1)OC(CN1CCCC(c2cccc(F)c2)C1)C(F)(F)F. The number of anilines is 1. The quantitative estimate of drug-likeness (QED) is 0.589. The minimum absolute atomic E-state index is 0.0776. The van der Waals surface area contributed by atoms with E-state index in [4.69, 9.17) is 16.3 Å². The number of benzene rings is 2. The topological polar surface area (TPSA) is 41.6 Å². The van der Waals surface area contributed by atoms with E-state index in [0.717, 1.165) is 12.0 Å². The molecule has 2 unspecified atom stereocenters. The monoisotopic (exact) mass is 444 g/mol. The highest BCUT2D eigenvalue weighted by atomic mass is 35.5. The number of hydrogen-bond acceptors (Lipinski definition) is 3. The summed E-state index contributed by atoms with van der Waals surface area (Å²) in [6.45, 7) is 0.294. The molecule has 0 aliphatic carbocycles. The molecule has 0 saturated carbocycles. The van der Waals surface area contributed by atoms with Crippen molar-refractivity contribution in [3.8, 4) is 0 Å². The van der Waals surface area contributed by atoms with E-state index >= 15 is 0 Å².